The van der Waals surface area contributed by atoms with E-state index in [1.807, 2.05) is 204 Å². The first-order valence-electron chi connectivity index (χ1n) is 39.2. The van der Waals surface area contributed by atoms with Crippen molar-refractivity contribution in [2.75, 3.05) is 32.8 Å². The Labute approximate surface area is 826 Å². The van der Waals surface area contributed by atoms with Gasteiger partial charge >= 0.3 is 29.8 Å². The highest BCUT2D eigenvalue weighted by atomic mass is 79.9. The smallest absolute Gasteiger partial charge is 0.339 e. The van der Waals surface area contributed by atoms with Crippen LogP contribution in [0.3, 0.4) is 0 Å². The number of anilines is 5. The number of halogens is 3. The van der Waals surface area contributed by atoms with Crippen LogP contribution in [0.15, 0.2) is 245 Å². The molecule has 24 nitrogen and oxygen atoms in total. The minimum Gasteiger partial charge on any atom is -0.478 e. The lowest BCUT2D eigenvalue weighted by atomic mass is 10.1. The minimum absolute atomic E-state index is 0.00140. The molecule has 0 saturated carbocycles. The molecule has 5 amide bonds. The lowest BCUT2D eigenvalue weighted by molar-refractivity contribution is 0.0688. The normalized spacial score (nSPS) is 11.0. The van der Waals surface area contributed by atoms with E-state index in [4.69, 9.17) is 23.2 Å². The Morgan fingerprint density at radius 2 is 0.649 bits per heavy atom. The summed E-state index contributed by atoms with van der Waals surface area (Å²) in [6.07, 6.45) is 0.998. The standard InChI is InChI=1S/C23H17NO3S2.C20H18ClNO5S3.C18H14ClNO5S3.C17H12BrNO3S2.C17H13NO3S2/c1-14-7-9-16(10-8-14)21-20(23(26)27)17(13-28-21)24-22(25)19-12-11-18(29-19)15-5-3-2-4-6-15;1-10(2)30(26,27)14-9-29-18(16(14)21)19(23)22-13-8-28-17(15(13)20(24)25)12-6-4-11(3)5-7-12;1-9-3-5-10(6-4-9)15-13(18(22)23)11(7-26-15)20-17(21)16-14(19)12(8-27-16)28(2,24)25;1-9-6-7-23-14(9)16(20)19-12-8-24-15(13(12)17(21)22)10-2-4-11(18)5-3-10;1-10-4-6-11(7-5-10)15-14(17(20)21)12(9-23-15)18-16(19)13-3-2-8-22-13/h2-13H,1H3,(H,24,25)(H,26,27);4-10H,1-3H3,(H,22,23)(H,24,25);3-8H,1-2H3,(H,20,21)(H,22,23);2-8H,1H3,(H,19,20)(H,21,22);2-9H,1H3,(H,18,19)(H,20,21). The molecule has 10 heterocycles. The molecule has 39 heteroatoms. The Kier molecular flexibility index (Phi) is 33.5. The largest absolute Gasteiger partial charge is 0.478 e. The summed E-state index contributed by atoms with van der Waals surface area (Å²) >= 11 is 27.7. The van der Waals surface area contributed by atoms with Gasteiger partial charge in [-0.05, 0) is 135 Å². The maximum absolute atomic E-state index is 12.7. The van der Waals surface area contributed by atoms with Crippen molar-refractivity contribution in [1.29, 1.82) is 0 Å². The molecule has 0 aliphatic carbocycles. The highest BCUT2D eigenvalue weighted by Gasteiger charge is 2.32. The molecule has 6 aromatic carbocycles. The number of amides is 5. The van der Waals surface area contributed by atoms with Crippen molar-refractivity contribution >= 4 is 260 Å². The molecule has 0 unspecified atom stereocenters. The molecule has 0 aliphatic heterocycles. The zero-order valence-electron chi connectivity index (χ0n) is 71.1. The number of aryl methyl sites for hydroxylation is 5. The molecule has 10 N–H and O–H groups in total. The zero-order chi connectivity index (χ0) is 96.9. The predicted molar refractivity (Wildman–Crippen MR) is 547 cm³/mol. The van der Waals surface area contributed by atoms with Gasteiger partial charge in [0, 0.05) is 53.3 Å². The van der Waals surface area contributed by atoms with Crippen LogP contribution < -0.4 is 26.6 Å². The van der Waals surface area contributed by atoms with E-state index in [1.54, 1.807) is 45.1 Å². The summed E-state index contributed by atoms with van der Waals surface area (Å²) < 4.78 is 49.1. The number of carboxylic acids is 5. The van der Waals surface area contributed by atoms with Gasteiger partial charge in [0.25, 0.3) is 29.5 Å². The molecule has 0 atom stereocenters. The first-order chi connectivity index (χ1) is 63.7. The zero-order valence-corrected chi connectivity index (χ0v) is 84.0. The van der Waals surface area contributed by atoms with Crippen LogP contribution in [0.2, 0.25) is 10.0 Å². The van der Waals surface area contributed by atoms with Gasteiger partial charge in [-0.3, -0.25) is 24.0 Å². The van der Waals surface area contributed by atoms with Gasteiger partial charge in [0.1, 0.15) is 37.6 Å². The van der Waals surface area contributed by atoms with E-state index in [0.29, 0.717) is 56.1 Å². The predicted octanol–water partition coefficient (Wildman–Crippen LogP) is 27.0. The molecule has 0 aliphatic rings. The van der Waals surface area contributed by atoms with Crippen molar-refractivity contribution < 1.29 is 90.3 Å². The summed E-state index contributed by atoms with van der Waals surface area (Å²) in [6, 6.07) is 56.3. The van der Waals surface area contributed by atoms with Crippen molar-refractivity contribution in [1.82, 2.24) is 0 Å². The van der Waals surface area contributed by atoms with Gasteiger partial charge in [-0.25, -0.2) is 40.8 Å². The molecule has 0 bridgehead atoms. The van der Waals surface area contributed by atoms with E-state index in [0.717, 1.165) is 99.5 Å². The summed E-state index contributed by atoms with van der Waals surface area (Å²) in [7, 11) is -7.21. The Morgan fingerprint density at radius 1 is 0.328 bits per heavy atom. The van der Waals surface area contributed by atoms with Crippen LogP contribution in [0.25, 0.3) is 62.6 Å². The van der Waals surface area contributed by atoms with Crippen LogP contribution in [0.4, 0.5) is 28.4 Å². The Balaban J connectivity index is 0.000000151. The molecule has 0 spiro atoms. The van der Waals surface area contributed by atoms with Crippen LogP contribution in [0.1, 0.15) is 142 Å². The van der Waals surface area contributed by atoms with E-state index in [1.165, 1.54) is 121 Å². The average Bonchev–Trinajstić information content (AvgIpc) is 1.65. The van der Waals surface area contributed by atoms with Crippen LogP contribution in [0.5, 0.6) is 0 Å². The number of rotatable bonds is 24. The summed E-state index contributed by atoms with van der Waals surface area (Å²) in [5.41, 5.74) is 11.6. The first kappa shape index (κ1) is 101. The first-order valence-corrected chi connectivity index (χ1v) is 53.0. The number of sulfone groups is 2. The van der Waals surface area contributed by atoms with E-state index in [-0.39, 0.29) is 86.5 Å². The van der Waals surface area contributed by atoms with E-state index < -0.39 is 66.6 Å². The van der Waals surface area contributed by atoms with Crippen LogP contribution >= 0.6 is 152 Å². The second-order valence-corrected chi connectivity index (χ2v) is 44.6. The number of carbonyl (C=O) groups is 10. The Hall–Kier alpha value is -12.0. The van der Waals surface area contributed by atoms with E-state index in [9.17, 15) is 90.3 Å². The Bertz CT molecular complexity index is 7350. The van der Waals surface area contributed by atoms with Crippen molar-refractivity contribution in [3.63, 3.8) is 0 Å². The second kappa shape index (κ2) is 44.4. The van der Waals surface area contributed by atoms with Gasteiger partial charge < -0.3 is 52.1 Å². The molecule has 134 heavy (non-hydrogen) atoms. The molecule has 0 fully saturated rings. The lowest BCUT2D eigenvalue weighted by Crippen LogP contribution is -2.15. The summed E-state index contributed by atoms with van der Waals surface area (Å²) in [4.78, 5) is 127. The fourth-order valence-electron chi connectivity index (χ4n) is 12.6. The fourth-order valence-corrected chi connectivity index (χ4v) is 26.0. The van der Waals surface area contributed by atoms with E-state index >= 15 is 0 Å². The monoisotopic (exact) mass is 2120 g/mol. The topological polar surface area (TPSA) is 400 Å². The van der Waals surface area contributed by atoms with Crippen molar-refractivity contribution in [3.8, 4) is 62.6 Å². The van der Waals surface area contributed by atoms with Crippen LogP contribution in [0, 0.1) is 34.6 Å². The number of hydrogen-bond acceptors (Lipinski definition) is 24. The summed E-state index contributed by atoms with van der Waals surface area (Å²) in [5.74, 6) is -7.76. The maximum atomic E-state index is 12.7. The van der Waals surface area contributed by atoms with Crippen LogP contribution in [-0.4, -0.2) is 113 Å². The lowest BCUT2D eigenvalue weighted by Gasteiger charge is -2.07. The van der Waals surface area contributed by atoms with Gasteiger partial charge in [-0.1, -0.05) is 207 Å². The molecular formula is C95H74BrCl2N5O19S12. The van der Waals surface area contributed by atoms with Crippen molar-refractivity contribution in [2.24, 2.45) is 0 Å². The van der Waals surface area contributed by atoms with Gasteiger partial charge in [0.05, 0.1) is 92.5 Å². The van der Waals surface area contributed by atoms with Gasteiger partial charge in [-0.2, -0.15) is 0 Å². The van der Waals surface area contributed by atoms with Crippen molar-refractivity contribution in [2.45, 2.75) is 63.5 Å². The van der Waals surface area contributed by atoms with E-state index in [2.05, 4.69) is 42.5 Å². The molecular weight excluding hydrogens is 2050 g/mol. The number of carboxylic acid groups (broad SMARTS) is 5. The Morgan fingerprint density at radius 3 is 0.955 bits per heavy atom. The number of benzene rings is 6. The highest BCUT2D eigenvalue weighted by Crippen LogP contribution is 2.45. The molecule has 16 rings (SSSR count). The molecule has 16 aromatic rings. The summed E-state index contributed by atoms with van der Waals surface area (Å²) in [5, 5.41) is 74.9. The molecule has 10 aromatic heterocycles. The molecule has 0 radical (unpaired) electrons. The number of nitrogens with one attached hydrogen (secondary N) is 5. The third-order valence-corrected chi connectivity index (χ3v) is 34.9. The summed E-state index contributed by atoms with van der Waals surface area (Å²) in [6.45, 7) is 12.7. The highest BCUT2D eigenvalue weighted by molar-refractivity contribution is 9.10. The second-order valence-electron chi connectivity index (χ2n) is 29.3. The average molecular weight is 2130 g/mol. The number of thiophene rings is 10. The SMILES string of the molecule is Cc1ccc(-c2scc(NC(=O)c3ccc(-c4ccccc4)s3)c2C(=O)O)cc1.Cc1ccc(-c2scc(NC(=O)c3cccs3)c2C(=O)O)cc1.Cc1ccc(-c2scc(NC(=O)c3scc(S(=O)(=O)C(C)C)c3Cl)c2C(=O)O)cc1.Cc1ccc(-c2scc(NC(=O)c3scc(S(C)(=O)=O)c3Cl)c2C(=O)O)cc1.Cc1ccsc1C(=O)Nc1csc(-c2ccc(Br)cc2)c1C(=O)O. The van der Waals surface area contributed by atoms with Gasteiger partial charge in [-0.15, -0.1) is 113 Å². The van der Waals surface area contributed by atoms with Crippen LogP contribution in [-0.2, 0) is 19.7 Å². The van der Waals surface area contributed by atoms with Crippen molar-refractivity contribution in [3.05, 3.63) is 325 Å². The van der Waals surface area contributed by atoms with Gasteiger partial charge in [0.15, 0.2) is 19.7 Å². The third-order valence-electron chi connectivity index (χ3n) is 19.5. The maximum Gasteiger partial charge on any atom is 0.339 e. The quantitative estimate of drug-likeness (QED) is 0.0269. The third kappa shape index (κ3) is 24.2. The molecule has 686 valence electrons. The fraction of sp³-hybridized carbons (Fsp3) is 0.0947. The van der Waals surface area contributed by atoms with Gasteiger partial charge in [0.2, 0.25) is 0 Å². The number of aromatic carboxylic acids is 5. The molecule has 0 saturated heterocycles. The number of hydrogen-bond donors (Lipinski definition) is 10. The minimum atomic E-state index is -3.64. The number of carbonyl (C=O) groups excluding carboxylic acids is 5.